The normalized spacial score (nSPS) is 11.8. The minimum atomic E-state index is -3.58. The predicted molar refractivity (Wildman–Crippen MR) is 93.3 cm³/mol. The van der Waals surface area contributed by atoms with Gasteiger partial charge in [0.05, 0.1) is 4.88 Å². The number of aromatic nitrogens is 2. The lowest BCUT2D eigenvalue weighted by atomic mass is 10.2. The van der Waals surface area contributed by atoms with Crippen LogP contribution in [-0.2, 0) is 16.6 Å². The molecule has 124 valence electrons. The summed E-state index contributed by atoms with van der Waals surface area (Å²) >= 11 is 1.12. The van der Waals surface area contributed by atoms with Crippen molar-refractivity contribution >= 4 is 21.4 Å². The van der Waals surface area contributed by atoms with E-state index in [1.165, 1.54) is 10.4 Å². The number of rotatable bonds is 5. The van der Waals surface area contributed by atoms with Crippen LogP contribution in [0.25, 0.3) is 10.6 Å². The van der Waals surface area contributed by atoms with Crippen molar-refractivity contribution in [3.8, 4) is 10.6 Å². The van der Waals surface area contributed by atoms with Crippen LogP contribution in [0.4, 0.5) is 0 Å². The first kappa shape index (κ1) is 16.6. The number of nitrogens with one attached hydrogen (secondary N) is 1. The fourth-order valence-electron chi connectivity index (χ4n) is 2.16. The van der Waals surface area contributed by atoms with Gasteiger partial charge in [-0.3, -0.25) is 4.79 Å². The molecule has 0 aliphatic carbocycles. The summed E-state index contributed by atoms with van der Waals surface area (Å²) < 4.78 is 26.9. The summed E-state index contributed by atoms with van der Waals surface area (Å²) in [6, 6.07) is 15.6. The van der Waals surface area contributed by atoms with Crippen LogP contribution in [0, 0.1) is 0 Å². The van der Waals surface area contributed by atoms with E-state index in [1.807, 2.05) is 30.3 Å². The summed E-state index contributed by atoms with van der Waals surface area (Å²) in [5, 5.41) is 6.26. The fraction of sp³-hybridized carbons (Fsp3) is 0.125. The predicted octanol–water partition coefficient (Wildman–Crippen LogP) is 2.32. The third-order valence-electron chi connectivity index (χ3n) is 3.43. The highest BCUT2D eigenvalue weighted by Gasteiger charge is 2.23. The van der Waals surface area contributed by atoms with E-state index < -0.39 is 10.0 Å². The maximum Gasteiger partial charge on any atom is 0.264 e. The van der Waals surface area contributed by atoms with E-state index in [-0.39, 0.29) is 9.77 Å². The zero-order valence-electron chi connectivity index (χ0n) is 12.8. The maximum absolute atomic E-state index is 12.7. The van der Waals surface area contributed by atoms with Gasteiger partial charge in [0.2, 0.25) is 0 Å². The van der Waals surface area contributed by atoms with Gasteiger partial charge in [0.25, 0.3) is 15.6 Å². The quantitative estimate of drug-likeness (QED) is 0.756. The number of hydrogen-bond acceptors (Lipinski definition) is 5. The lowest BCUT2D eigenvalue weighted by Crippen LogP contribution is -2.25. The Balaban J connectivity index is 1.85. The molecule has 0 saturated heterocycles. The lowest BCUT2D eigenvalue weighted by Gasteiger charge is -2.15. The zero-order valence-corrected chi connectivity index (χ0v) is 14.5. The summed E-state index contributed by atoms with van der Waals surface area (Å²) in [5.41, 5.74) is 1.15. The first-order valence-electron chi connectivity index (χ1n) is 7.13. The first-order chi connectivity index (χ1) is 11.5. The standard InChI is InChI=1S/C16H15N3O3S2/c1-19(11-12-5-3-2-4-6-12)24(21,22)16-10-8-14(23-16)13-7-9-15(20)18-17-13/h2-10H,11H2,1H3,(H,18,20). The number of hydrogen-bond donors (Lipinski definition) is 1. The monoisotopic (exact) mass is 361 g/mol. The first-order valence-corrected chi connectivity index (χ1v) is 9.39. The van der Waals surface area contributed by atoms with Crippen molar-refractivity contribution in [2.24, 2.45) is 0 Å². The number of aromatic amines is 1. The van der Waals surface area contributed by atoms with Crippen LogP contribution < -0.4 is 5.56 Å². The van der Waals surface area contributed by atoms with Crippen LogP contribution in [0.1, 0.15) is 5.56 Å². The number of H-pyrrole nitrogens is 1. The molecule has 8 heteroatoms. The Morgan fingerprint density at radius 2 is 1.83 bits per heavy atom. The molecule has 3 aromatic rings. The van der Waals surface area contributed by atoms with Gasteiger partial charge in [0.1, 0.15) is 9.90 Å². The molecule has 24 heavy (non-hydrogen) atoms. The van der Waals surface area contributed by atoms with Crippen LogP contribution in [0.3, 0.4) is 0 Å². The van der Waals surface area contributed by atoms with Crippen LogP contribution >= 0.6 is 11.3 Å². The van der Waals surface area contributed by atoms with Crippen LogP contribution in [-0.4, -0.2) is 30.0 Å². The molecule has 0 unspecified atom stereocenters. The molecular weight excluding hydrogens is 346 g/mol. The molecule has 2 aromatic heterocycles. The molecule has 0 aliphatic heterocycles. The van der Waals surface area contributed by atoms with Crippen LogP contribution in [0.2, 0.25) is 0 Å². The Bertz CT molecular complexity index is 974. The Kier molecular flexibility index (Phi) is 4.61. The molecule has 0 bridgehead atoms. The molecule has 0 fully saturated rings. The maximum atomic E-state index is 12.7. The summed E-state index contributed by atoms with van der Waals surface area (Å²) in [6.45, 7) is 0.299. The van der Waals surface area contributed by atoms with Crippen LogP contribution in [0.5, 0.6) is 0 Å². The van der Waals surface area contributed by atoms with Crippen molar-refractivity contribution < 1.29 is 8.42 Å². The second-order valence-electron chi connectivity index (χ2n) is 5.17. The van der Waals surface area contributed by atoms with Gasteiger partial charge in [0.15, 0.2) is 0 Å². The summed E-state index contributed by atoms with van der Waals surface area (Å²) in [5.74, 6) is 0. The molecular formula is C16H15N3O3S2. The van der Waals surface area contributed by atoms with Gasteiger partial charge in [0, 0.05) is 19.7 Å². The molecule has 1 N–H and O–H groups in total. The third kappa shape index (κ3) is 3.45. The molecule has 2 heterocycles. The molecule has 0 atom stereocenters. The molecule has 0 radical (unpaired) electrons. The number of benzene rings is 1. The van der Waals surface area contributed by atoms with Crippen molar-refractivity contribution in [1.82, 2.24) is 14.5 Å². The average molecular weight is 361 g/mol. The fourth-order valence-corrected chi connectivity index (χ4v) is 4.80. The molecule has 0 amide bonds. The minimum absolute atomic E-state index is 0.240. The van der Waals surface area contributed by atoms with E-state index in [0.29, 0.717) is 17.1 Å². The molecule has 0 aliphatic rings. The van der Waals surface area contributed by atoms with E-state index in [4.69, 9.17) is 0 Å². The van der Waals surface area contributed by atoms with Gasteiger partial charge >= 0.3 is 0 Å². The van der Waals surface area contributed by atoms with Crippen LogP contribution in [0.15, 0.2) is 63.6 Å². The minimum Gasteiger partial charge on any atom is -0.268 e. The highest BCUT2D eigenvalue weighted by atomic mass is 32.2. The summed E-state index contributed by atoms with van der Waals surface area (Å²) in [6.07, 6.45) is 0. The molecule has 1 aromatic carbocycles. The second-order valence-corrected chi connectivity index (χ2v) is 8.53. The molecule has 0 spiro atoms. The zero-order chi connectivity index (χ0) is 17.2. The highest BCUT2D eigenvalue weighted by Crippen LogP contribution is 2.30. The molecule has 0 saturated carbocycles. The van der Waals surface area contributed by atoms with E-state index in [0.717, 1.165) is 16.9 Å². The summed E-state index contributed by atoms with van der Waals surface area (Å²) in [7, 11) is -2.02. The molecule has 6 nitrogen and oxygen atoms in total. The van der Waals surface area contributed by atoms with Gasteiger partial charge in [-0.25, -0.2) is 13.5 Å². The van der Waals surface area contributed by atoms with Crippen molar-refractivity contribution in [2.75, 3.05) is 7.05 Å². The van der Waals surface area contributed by atoms with Gasteiger partial charge < -0.3 is 0 Å². The van der Waals surface area contributed by atoms with Crippen molar-refractivity contribution in [2.45, 2.75) is 10.8 Å². The van der Waals surface area contributed by atoms with Crippen molar-refractivity contribution in [3.63, 3.8) is 0 Å². The van der Waals surface area contributed by atoms with Gasteiger partial charge in [-0.2, -0.15) is 9.40 Å². The Hall–Kier alpha value is -2.29. The summed E-state index contributed by atoms with van der Waals surface area (Å²) in [4.78, 5) is 11.7. The van der Waals surface area contributed by atoms with Crippen molar-refractivity contribution in [3.05, 3.63) is 70.5 Å². The number of sulfonamides is 1. The topological polar surface area (TPSA) is 83.1 Å². The van der Waals surface area contributed by atoms with Gasteiger partial charge in [-0.1, -0.05) is 30.3 Å². The smallest absolute Gasteiger partial charge is 0.264 e. The Labute approximate surface area is 143 Å². The third-order valence-corrected chi connectivity index (χ3v) is 6.80. The Morgan fingerprint density at radius 1 is 1.08 bits per heavy atom. The van der Waals surface area contributed by atoms with E-state index in [1.54, 1.807) is 25.2 Å². The van der Waals surface area contributed by atoms with Crippen molar-refractivity contribution in [1.29, 1.82) is 0 Å². The average Bonchev–Trinajstić information content (AvgIpc) is 3.07. The van der Waals surface area contributed by atoms with E-state index >= 15 is 0 Å². The van der Waals surface area contributed by atoms with Gasteiger partial charge in [-0.15, -0.1) is 11.3 Å². The highest BCUT2D eigenvalue weighted by molar-refractivity contribution is 7.91. The molecule has 3 rings (SSSR count). The number of thiophene rings is 1. The van der Waals surface area contributed by atoms with E-state index in [9.17, 15) is 13.2 Å². The lowest BCUT2D eigenvalue weighted by molar-refractivity contribution is 0.468. The number of nitrogens with zero attached hydrogens (tertiary/aromatic N) is 2. The SMILES string of the molecule is CN(Cc1ccccc1)S(=O)(=O)c1ccc(-c2ccc(=O)[nH]n2)s1. The van der Waals surface area contributed by atoms with Gasteiger partial charge in [-0.05, 0) is 23.8 Å². The largest absolute Gasteiger partial charge is 0.268 e. The van der Waals surface area contributed by atoms with E-state index in [2.05, 4.69) is 10.2 Å². The Morgan fingerprint density at radius 3 is 2.50 bits per heavy atom. The second kappa shape index (κ2) is 6.68.